The Bertz CT molecular complexity index is 539. The average Bonchev–Trinajstić information content (AvgIpc) is 3.22. The van der Waals surface area contributed by atoms with Crippen LogP contribution >= 0.6 is 0 Å². The maximum atomic E-state index is 13.4. The summed E-state index contributed by atoms with van der Waals surface area (Å²) in [4.78, 5) is 13.4. The molecule has 0 aromatic heterocycles. The van der Waals surface area contributed by atoms with E-state index in [9.17, 15) is 4.79 Å². The zero-order valence-electron chi connectivity index (χ0n) is 17.1. The summed E-state index contributed by atoms with van der Waals surface area (Å²) in [6.45, 7) is 6.97. The van der Waals surface area contributed by atoms with Crippen LogP contribution in [-0.2, 0) is 9.53 Å². The minimum Gasteiger partial charge on any atom is -0.458 e. The third-order valence-corrected chi connectivity index (χ3v) is 9.96. The van der Waals surface area contributed by atoms with Gasteiger partial charge in [0.25, 0.3) is 0 Å². The molecule has 6 saturated carbocycles. The molecule has 6 fully saturated rings. The summed E-state index contributed by atoms with van der Waals surface area (Å²) in [6, 6.07) is 0. The number of rotatable bonds is 5. The van der Waals surface area contributed by atoms with Crippen LogP contribution in [0.25, 0.3) is 0 Å². The second kappa shape index (κ2) is 6.24. The lowest BCUT2D eigenvalue weighted by atomic mass is 9.49. The van der Waals surface area contributed by atoms with Gasteiger partial charge in [-0.25, -0.2) is 0 Å². The van der Waals surface area contributed by atoms with Crippen molar-refractivity contribution in [3.05, 3.63) is 0 Å². The molecule has 0 N–H and O–H groups in total. The molecule has 0 aliphatic heterocycles. The number of ether oxygens (including phenoxy) is 1. The van der Waals surface area contributed by atoms with Crippen LogP contribution in [0, 0.1) is 53.3 Å². The summed E-state index contributed by atoms with van der Waals surface area (Å²) < 4.78 is 6.62. The molecule has 26 heavy (non-hydrogen) atoms. The Morgan fingerprint density at radius 2 is 1.46 bits per heavy atom. The summed E-state index contributed by atoms with van der Waals surface area (Å²) in [5.74, 6) is 6.68. The second-order valence-corrected chi connectivity index (χ2v) is 10.7. The van der Waals surface area contributed by atoms with Crippen molar-refractivity contribution in [2.24, 2.45) is 53.3 Å². The van der Waals surface area contributed by atoms with Crippen molar-refractivity contribution in [1.82, 2.24) is 0 Å². The fraction of sp³-hybridized carbons (Fsp3) is 0.958. The van der Waals surface area contributed by atoms with Gasteiger partial charge in [0, 0.05) is 0 Å². The molecule has 2 nitrogen and oxygen atoms in total. The van der Waals surface area contributed by atoms with Gasteiger partial charge in [-0.05, 0) is 98.7 Å². The molecule has 146 valence electrons. The van der Waals surface area contributed by atoms with E-state index < -0.39 is 0 Å². The summed E-state index contributed by atoms with van der Waals surface area (Å²) >= 11 is 0. The lowest BCUT2D eigenvalue weighted by Crippen LogP contribution is -2.60. The smallest absolute Gasteiger partial charge is 0.309 e. The summed E-state index contributed by atoms with van der Waals surface area (Å²) in [5.41, 5.74) is -0.0990. The Morgan fingerprint density at radius 3 is 2.00 bits per heavy atom. The van der Waals surface area contributed by atoms with Crippen LogP contribution in [0.4, 0.5) is 0 Å². The number of esters is 1. The first-order chi connectivity index (χ1) is 12.6. The maximum Gasteiger partial charge on any atom is 0.309 e. The van der Waals surface area contributed by atoms with Crippen LogP contribution in [0.1, 0.15) is 85.0 Å². The van der Waals surface area contributed by atoms with E-state index in [0.29, 0.717) is 17.8 Å². The lowest BCUT2D eigenvalue weighted by Gasteiger charge is -2.60. The number of hydrogen-bond donors (Lipinski definition) is 0. The Morgan fingerprint density at radius 1 is 0.846 bits per heavy atom. The molecule has 6 bridgehead atoms. The van der Waals surface area contributed by atoms with E-state index >= 15 is 0 Å². The lowest BCUT2D eigenvalue weighted by molar-refractivity contribution is -0.216. The molecule has 6 aliphatic carbocycles. The van der Waals surface area contributed by atoms with Crippen molar-refractivity contribution in [2.75, 3.05) is 0 Å². The van der Waals surface area contributed by atoms with E-state index in [0.717, 1.165) is 42.4 Å². The van der Waals surface area contributed by atoms with E-state index in [1.165, 1.54) is 51.4 Å². The van der Waals surface area contributed by atoms with E-state index in [-0.39, 0.29) is 17.5 Å². The molecule has 6 aliphatic rings. The highest BCUT2D eigenvalue weighted by Gasteiger charge is 2.60. The molecule has 0 aromatic carbocycles. The first-order valence-corrected chi connectivity index (χ1v) is 11.8. The fourth-order valence-electron chi connectivity index (χ4n) is 9.17. The van der Waals surface area contributed by atoms with E-state index in [1.807, 2.05) is 0 Å². The van der Waals surface area contributed by atoms with Gasteiger partial charge in [0.15, 0.2) is 0 Å². The molecule has 0 amide bonds. The fourth-order valence-corrected chi connectivity index (χ4v) is 9.17. The van der Waals surface area contributed by atoms with Gasteiger partial charge in [0.1, 0.15) is 5.60 Å². The van der Waals surface area contributed by atoms with Gasteiger partial charge in [-0.3, -0.25) is 4.79 Å². The molecule has 0 radical (unpaired) electrons. The molecule has 0 aromatic rings. The Kier molecular flexibility index (Phi) is 4.22. The standard InChI is InChI=1S/C24H38O2/c1-4-19-16-12-21(20(19)5-2)22(13-16)23(25)26-24(6-3)17-8-14-7-15(10-17)11-18(24)9-14/h14-22H,4-13H2,1-3H3. The van der Waals surface area contributed by atoms with Crippen LogP contribution in [0.15, 0.2) is 0 Å². The number of hydrogen-bond acceptors (Lipinski definition) is 2. The molecular formula is C24H38O2. The normalized spacial score (nSPS) is 54.0. The van der Waals surface area contributed by atoms with E-state index in [2.05, 4.69) is 20.8 Å². The predicted molar refractivity (Wildman–Crippen MR) is 103 cm³/mol. The minimum absolute atomic E-state index is 0.0990. The van der Waals surface area contributed by atoms with E-state index in [4.69, 9.17) is 4.74 Å². The van der Waals surface area contributed by atoms with Crippen LogP contribution < -0.4 is 0 Å². The Hall–Kier alpha value is -0.530. The maximum absolute atomic E-state index is 13.4. The summed E-state index contributed by atoms with van der Waals surface area (Å²) in [5, 5.41) is 0. The van der Waals surface area contributed by atoms with Crippen molar-refractivity contribution in [2.45, 2.75) is 90.6 Å². The quantitative estimate of drug-likeness (QED) is 0.577. The van der Waals surface area contributed by atoms with Gasteiger partial charge in [0.05, 0.1) is 5.92 Å². The van der Waals surface area contributed by atoms with Crippen molar-refractivity contribution in [1.29, 1.82) is 0 Å². The topological polar surface area (TPSA) is 26.3 Å². The molecule has 2 heteroatoms. The van der Waals surface area contributed by atoms with Crippen LogP contribution in [0.2, 0.25) is 0 Å². The monoisotopic (exact) mass is 358 g/mol. The third-order valence-electron chi connectivity index (χ3n) is 9.96. The van der Waals surface area contributed by atoms with Crippen molar-refractivity contribution >= 4 is 5.97 Å². The SMILES string of the molecule is CCC1C2CC(C(=O)OC3(CC)C4CC5CC(C4)CC3C5)C(C2)C1CC. The molecule has 5 atom stereocenters. The minimum atomic E-state index is -0.0990. The van der Waals surface area contributed by atoms with Crippen molar-refractivity contribution in [3.63, 3.8) is 0 Å². The van der Waals surface area contributed by atoms with Gasteiger partial charge < -0.3 is 4.74 Å². The van der Waals surface area contributed by atoms with Crippen LogP contribution in [0.3, 0.4) is 0 Å². The average molecular weight is 359 g/mol. The number of carbonyl (C=O) groups excluding carboxylic acids is 1. The number of fused-ring (bicyclic) bond motifs is 2. The van der Waals surface area contributed by atoms with Crippen molar-refractivity contribution < 1.29 is 9.53 Å². The Balaban J connectivity index is 1.34. The summed E-state index contributed by atoms with van der Waals surface area (Å²) in [7, 11) is 0. The van der Waals surface area contributed by atoms with Gasteiger partial charge >= 0.3 is 5.97 Å². The molecular weight excluding hydrogens is 320 g/mol. The van der Waals surface area contributed by atoms with E-state index in [1.54, 1.807) is 0 Å². The van der Waals surface area contributed by atoms with Gasteiger partial charge in [-0.2, -0.15) is 0 Å². The second-order valence-electron chi connectivity index (χ2n) is 10.7. The van der Waals surface area contributed by atoms with Crippen LogP contribution in [0.5, 0.6) is 0 Å². The highest BCUT2D eigenvalue weighted by Crippen LogP contribution is 2.62. The first-order valence-electron chi connectivity index (χ1n) is 11.8. The molecule has 5 unspecified atom stereocenters. The van der Waals surface area contributed by atoms with Gasteiger partial charge in [-0.15, -0.1) is 0 Å². The highest BCUT2D eigenvalue weighted by molar-refractivity contribution is 5.74. The zero-order chi connectivity index (χ0) is 18.1. The third kappa shape index (κ3) is 2.32. The van der Waals surface area contributed by atoms with Gasteiger partial charge in [0.2, 0.25) is 0 Å². The van der Waals surface area contributed by atoms with Crippen molar-refractivity contribution in [3.8, 4) is 0 Å². The van der Waals surface area contributed by atoms with Gasteiger partial charge in [-0.1, -0.05) is 33.6 Å². The molecule has 6 rings (SSSR count). The predicted octanol–water partition coefficient (Wildman–Crippen LogP) is 5.84. The highest BCUT2D eigenvalue weighted by atomic mass is 16.6. The number of carbonyl (C=O) groups is 1. The largest absolute Gasteiger partial charge is 0.458 e. The molecule has 0 heterocycles. The van der Waals surface area contributed by atoms with Crippen LogP contribution in [-0.4, -0.2) is 11.6 Å². The Labute approximate surface area is 159 Å². The summed E-state index contributed by atoms with van der Waals surface area (Å²) in [6.07, 6.45) is 12.8. The molecule has 0 spiro atoms. The molecule has 0 saturated heterocycles. The zero-order valence-corrected chi connectivity index (χ0v) is 17.1. The first kappa shape index (κ1) is 17.6.